The van der Waals surface area contributed by atoms with E-state index in [2.05, 4.69) is 10.6 Å². The highest BCUT2D eigenvalue weighted by Gasteiger charge is 2.27. The first-order valence-corrected chi connectivity index (χ1v) is 6.09. The van der Waals surface area contributed by atoms with E-state index in [0.717, 1.165) is 12.8 Å². The third-order valence-corrected chi connectivity index (χ3v) is 2.90. The van der Waals surface area contributed by atoms with Gasteiger partial charge in [0.05, 0.1) is 5.92 Å². The van der Waals surface area contributed by atoms with Crippen molar-refractivity contribution in [1.82, 2.24) is 10.6 Å². The molecule has 3 N–H and O–H groups in total. The van der Waals surface area contributed by atoms with Crippen molar-refractivity contribution >= 4 is 12.0 Å². The third-order valence-electron chi connectivity index (χ3n) is 2.90. The monoisotopic (exact) mass is 242 g/mol. The van der Waals surface area contributed by atoms with Gasteiger partial charge in [-0.15, -0.1) is 0 Å². The van der Waals surface area contributed by atoms with Gasteiger partial charge in [0.25, 0.3) is 0 Å². The summed E-state index contributed by atoms with van der Waals surface area (Å²) in [5, 5.41) is 14.6. The van der Waals surface area contributed by atoms with Crippen LogP contribution in [-0.4, -0.2) is 28.7 Å². The van der Waals surface area contributed by atoms with Crippen LogP contribution in [0.4, 0.5) is 4.79 Å². The van der Waals surface area contributed by atoms with Gasteiger partial charge in [0.1, 0.15) is 0 Å². The van der Waals surface area contributed by atoms with Gasteiger partial charge < -0.3 is 15.7 Å². The molecule has 0 unspecified atom stereocenters. The lowest BCUT2D eigenvalue weighted by atomic mass is 9.86. The van der Waals surface area contributed by atoms with Crippen molar-refractivity contribution < 1.29 is 14.7 Å². The molecule has 0 aromatic carbocycles. The highest BCUT2D eigenvalue weighted by atomic mass is 16.4. The first-order chi connectivity index (χ1) is 7.78. The van der Waals surface area contributed by atoms with E-state index >= 15 is 0 Å². The number of aliphatic carboxylic acids is 1. The SMILES string of the molecule is CC(C)(C)NC(=O)NC1CCC(C(=O)O)CC1. The van der Waals surface area contributed by atoms with Crippen LogP contribution >= 0.6 is 0 Å². The van der Waals surface area contributed by atoms with Crippen LogP contribution in [0.1, 0.15) is 46.5 Å². The van der Waals surface area contributed by atoms with E-state index in [0.29, 0.717) is 12.8 Å². The maximum absolute atomic E-state index is 11.6. The Morgan fingerprint density at radius 3 is 2.06 bits per heavy atom. The lowest BCUT2D eigenvalue weighted by Gasteiger charge is -2.28. The van der Waals surface area contributed by atoms with Crippen molar-refractivity contribution in [3.8, 4) is 0 Å². The number of hydrogen-bond acceptors (Lipinski definition) is 2. The minimum atomic E-state index is -0.720. The maximum Gasteiger partial charge on any atom is 0.315 e. The summed E-state index contributed by atoms with van der Waals surface area (Å²) < 4.78 is 0. The summed E-state index contributed by atoms with van der Waals surface area (Å²) in [4.78, 5) is 22.4. The molecule has 1 aliphatic carbocycles. The van der Waals surface area contributed by atoms with Gasteiger partial charge in [-0.2, -0.15) is 0 Å². The summed E-state index contributed by atoms with van der Waals surface area (Å²) in [6, 6.07) is -0.0655. The van der Waals surface area contributed by atoms with Gasteiger partial charge in [-0.05, 0) is 46.5 Å². The number of nitrogens with one attached hydrogen (secondary N) is 2. The number of carboxylic acid groups (broad SMARTS) is 1. The molecule has 0 aromatic heterocycles. The van der Waals surface area contributed by atoms with Gasteiger partial charge in [0, 0.05) is 11.6 Å². The minimum Gasteiger partial charge on any atom is -0.481 e. The fourth-order valence-corrected chi connectivity index (χ4v) is 2.05. The van der Waals surface area contributed by atoms with Crippen LogP contribution in [0.5, 0.6) is 0 Å². The summed E-state index contributed by atoms with van der Waals surface area (Å²) >= 11 is 0. The second-order valence-corrected chi connectivity index (χ2v) is 5.74. The smallest absolute Gasteiger partial charge is 0.315 e. The molecule has 17 heavy (non-hydrogen) atoms. The Morgan fingerprint density at radius 1 is 1.12 bits per heavy atom. The first kappa shape index (κ1) is 13.8. The number of carboxylic acids is 1. The Balaban J connectivity index is 2.31. The Bertz CT molecular complexity index is 289. The predicted octanol–water partition coefficient (Wildman–Crippen LogP) is 1.73. The zero-order valence-corrected chi connectivity index (χ0v) is 10.7. The van der Waals surface area contributed by atoms with E-state index in [9.17, 15) is 9.59 Å². The maximum atomic E-state index is 11.6. The second-order valence-electron chi connectivity index (χ2n) is 5.74. The summed E-state index contributed by atoms with van der Waals surface area (Å²) in [5.41, 5.74) is -0.248. The van der Waals surface area contributed by atoms with Crippen LogP contribution in [0.3, 0.4) is 0 Å². The van der Waals surface area contributed by atoms with E-state index in [1.807, 2.05) is 20.8 Å². The third kappa shape index (κ3) is 5.06. The average molecular weight is 242 g/mol. The first-order valence-electron chi connectivity index (χ1n) is 6.09. The van der Waals surface area contributed by atoms with E-state index in [1.54, 1.807) is 0 Å². The number of hydrogen-bond donors (Lipinski definition) is 3. The minimum absolute atomic E-state index is 0.105. The molecule has 1 saturated carbocycles. The van der Waals surface area contributed by atoms with Crippen molar-refractivity contribution in [3.05, 3.63) is 0 Å². The average Bonchev–Trinajstić information content (AvgIpc) is 2.15. The molecule has 0 heterocycles. The molecule has 1 aliphatic rings. The molecular formula is C12H22N2O3. The van der Waals surface area contributed by atoms with Crippen LogP contribution in [-0.2, 0) is 4.79 Å². The van der Waals surface area contributed by atoms with E-state index < -0.39 is 5.97 Å². The largest absolute Gasteiger partial charge is 0.481 e. The summed E-state index contributed by atoms with van der Waals surface area (Å²) in [6.45, 7) is 5.77. The Hall–Kier alpha value is -1.26. The van der Waals surface area contributed by atoms with Crippen LogP contribution in [0, 0.1) is 5.92 Å². The molecule has 0 saturated heterocycles. The molecule has 1 fully saturated rings. The van der Waals surface area contributed by atoms with Crippen molar-refractivity contribution in [2.45, 2.75) is 58.0 Å². The number of urea groups is 1. The highest BCUT2D eigenvalue weighted by molar-refractivity contribution is 5.75. The number of amides is 2. The van der Waals surface area contributed by atoms with Crippen LogP contribution in [0.25, 0.3) is 0 Å². The van der Waals surface area contributed by atoms with Crippen LogP contribution in [0.15, 0.2) is 0 Å². The second kappa shape index (κ2) is 5.38. The molecule has 5 nitrogen and oxygen atoms in total. The molecule has 0 bridgehead atoms. The summed E-state index contributed by atoms with van der Waals surface area (Å²) in [7, 11) is 0. The fourth-order valence-electron chi connectivity index (χ4n) is 2.05. The van der Waals surface area contributed by atoms with Crippen molar-refractivity contribution in [2.24, 2.45) is 5.92 Å². The van der Waals surface area contributed by atoms with Crippen molar-refractivity contribution in [3.63, 3.8) is 0 Å². The van der Waals surface area contributed by atoms with E-state index in [1.165, 1.54) is 0 Å². The van der Waals surface area contributed by atoms with E-state index in [-0.39, 0.29) is 23.5 Å². The lowest BCUT2D eigenvalue weighted by molar-refractivity contribution is -0.142. The van der Waals surface area contributed by atoms with Gasteiger partial charge in [-0.1, -0.05) is 0 Å². The molecule has 0 aromatic rings. The zero-order chi connectivity index (χ0) is 13.1. The van der Waals surface area contributed by atoms with Gasteiger partial charge in [-0.25, -0.2) is 4.79 Å². The normalized spacial score (nSPS) is 25.1. The molecule has 1 rings (SSSR count). The molecular weight excluding hydrogens is 220 g/mol. The van der Waals surface area contributed by atoms with Gasteiger partial charge in [0.15, 0.2) is 0 Å². The molecule has 2 amide bonds. The standard InChI is InChI=1S/C12H22N2O3/c1-12(2,3)14-11(17)13-9-6-4-8(5-7-9)10(15)16/h8-9H,4-7H2,1-3H3,(H,15,16)(H2,13,14,17). The van der Waals surface area contributed by atoms with Crippen LogP contribution < -0.4 is 10.6 Å². The number of carbonyl (C=O) groups excluding carboxylic acids is 1. The Morgan fingerprint density at radius 2 is 1.65 bits per heavy atom. The highest BCUT2D eigenvalue weighted by Crippen LogP contribution is 2.24. The Labute approximate surface area is 102 Å². The Kier molecular flexibility index (Phi) is 4.37. The lowest BCUT2D eigenvalue weighted by Crippen LogP contribution is -2.50. The van der Waals surface area contributed by atoms with E-state index in [4.69, 9.17) is 5.11 Å². The van der Waals surface area contributed by atoms with Crippen molar-refractivity contribution in [2.75, 3.05) is 0 Å². The molecule has 5 heteroatoms. The fraction of sp³-hybridized carbons (Fsp3) is 0.833. The zero-order valence-electron chi connectivity index (χ0n) is 10.7. The van der Waals surface area contributed by atoms with Gasteiger partial charge in [-0.3, -0.25) is 4.79 Å². The molecule has 0 spiro atoms. The summed E-state index contributed by atoms with van der Waals surface area (Å²) in [6.07, 6.45) is 2.79. The van der Waals surface area contributed by atoms with Crippen molar-refractivity contribution in [1.29, 1.82) is 0 Å². The molecule has 98 valence electrons. The predicted molar refractivity (Wildman–Crippen MR) is 64.8 cm³/mol. The molecule has 0 aliphatic heterocycles. The number of carbonyl (C=O) groups is 2. The van der Waals surface area contributed by atoms with Gasteiger partial charge >= 0.3 is 12.0 Å². The summed E-state index contributed by atoms with van der Waals surface area (Å²) in [5.74, 6) is -0.957. The molecule has 0 atom stereocenters. The van der Waals surface area contributed by atoms with Gasteiger partial charge in [0.2, 0.25) is 0 Å². The molecule has 0 radical (unpaired) electrons. The topological polar surface area (TPSA) is 78.4 Å². The van der Waals surface area contributed by atoms with Crippen LogP contribution in [0.2, 0.25) is 0 Å². The quantitative estimate of drug-likeness (QED) is 0.690. The number of rotatable bonds is 2.